The minimum Gasteiger partial charge on any atom is -0.469 e. The van der Waals surface area contributed by atoms with Crippen LogP contribution in [0.15, 0.2) is 76.5 Å². The van der Waals surface area contributed by atoms with E-state index in [1.165, 1.54) is 11.1 Å². The monoisotopic (exact) mass is 395 g/mol. The van der Waals surface area contributed by atoms with Crippen LogP contribution < -0.4 is 0 Å². The van der Waals surface area contributed by atoms with Gasteiger partial charge in [-0.05, 0) is 36.2 Å². The second-order valence-corrected chi connectivity index (χ2v) is 7.72. The van der Waals surface area contributed by atoms with Gasteiger partial charge in [0.2, 0.25) is 0 Å². The first kappa shape index (κ1) is 17.9. The molecule has 0 aliphatic carbocycles. The molecule has 27 heavy (non-hydrogen) atoms. The molecule has 0 aliphatic rings. The Morgan fingerprint density at radius 3 is 2.33 bits per heavy atom. The molecule has 2 aromatic carbocycles. The molecule has 2 aromatic heterocycles. The van der Waals surface area contributed by atoms with Gasteiger partial charge in [0.1, 0.15) is 5.76 Å². The van der Waals surface area contributed by atoms with Gasteiger partial charge < -0.3 is 8.98 Å². The summed E-state index contributed by atoms with van der Waals surface area (Å²) in [6.07, 6.45) is 1.67. The van der Waals surface area contributed by atoms with Crippen molar-refractivity contribution in [1.29, 1.82) is 0 Å². The van der Waals surface area contributed by atoms with E-state index in [9.17, 15) is 0 Å². The van der Waals surface area contributed by atoms with E-state index in [1.54, 1.807) is 18.0 Å². The van der Waals surface area contributed by atoms with Gasteiger partial charge in [0.05, 0.1) is 17.1 Å². The van der Waals surface area contributed by atoms with Crippen molar-refractivity contribution in [3.05, 3.63) is 88.8 Å². The average Bonchev–Trinajstić information content (AvgIpc) is 3.26. The minimum atomic E-state index is 0.0877. The van der Waals surface area contributed by atoms with Crippen molar-refractivity contribution in [2.75, 3.05) is 0 Å². The molecule has 0 radical (unpaired) electrons. The molecule has 0 unspecified atom stereocenters. The zero-order valence-corrected chi connectivity index (χ0v) is 16.5. The Labute approximate surface area is 167 Å². The van der Waals surface area contributed by atoms with E-state index < -0.39 is 0 Å². The number of aryl methyl sites for hydroxylation is 1. The van der Waals surface area contributed by atoms with Crippen molar-refractivity contribution in [2.24, 2.45) is 7.05 Å². The molecule has 6 heteroatoms. The lowest BCUT2D eigenvalue weighted by Crippen LogP contribution is -2.00. The number of nitrogens with zero attached hydrogens (tertiary/aromatic N) is 3. The largest absolute Gasteiger partial charge is 0.469 e. The Hall–Kier alpha value is -2.50. The van der Waals surface area contributed by atoms with Gasteiger partial charge in [-0.1, -0.05) is 65.8 Å². The summed E-state index contributed by atoms with van der Waals surface area (Å²) < 4.78 is 7.42. The molecule has 2 heterocycles. The molecule has 1 atom stereocenters. The van der Waals surface area contributed by atoms with E-state index in [0.717, 1.165) is 27.3 Å². The Balaban J connectivity index is 1.72. The van der Waals surface area contributed by atoms with Crippen LogP contribution in [0.3, 0.4) is 0 Å². The first-order valence-electron chi connectivity index (χ1n) is 8.54. The summed E-state index contributed by atoms with van der Waals surface area (Å²) in [4.78, 5) is 0. The zero-order chi connectivity index (χ0) is 18.8. The van der Waals surface area contributed by atoms with Crippen molar-refractivity contribution in [2.45, 2.75) is 17.3 Å². The van der Waals surface area contributed by atoms with Crippen LogP contribution in [0.5, 0.6) is 0 Å². The molecular weight excluding hydrogens is 378 g/mol. The fourth-order valence-electron chi connectivity index (χ4n) is 2.97. The maximum atomic E-state index is 6.08. The third-order valence-corrected chi connectivity index (χ3v) is 6.03. The molecule has 136 valence electrons. The number of aromatic nitrogens is 3. The summed E-state index contributed by atoms with van der Waals surface area (Å²) >= 11 is 7.75. The van der Waals surface area contributed by atoms with Gasteiger partial charge >= 0.3 is 0 Å². The molecular formula is C21H18ClN3OS. The first-order chi connectivity index (χ1) is 13.1. The molecule has 0 aliphatic heterocycles. The number of rotatable bonds is 5. The summed E-state index contributed by atoms with van der Waals surface area (Å²) in [5, 5.41) is 10.5. The average molecular weight is 396 g/mol. The van der Waals surface area contributed by atoms with Crippen molar-refractivity contribution in [3.63, 3.8) is 0 Å². The van der Waals surface area contributed by atoms with Gasteiger partial charge in [0, 0.05) is 12.1 Å². The summed E-state index contributed by atoms with van der Waals surface area (Å²) in [6.45, 7) is 1.93. The molecule has 0 spiro atoms. The number of furan rings is 1. The SMILES string of the molecule is Cc1occc1-c1nnc(S[C@@H](c2ccccc2)c2ccc(Cl)cc2)n1C. The second kappa shape index (κ2) is 7.62. The van der Waals surface area contributed by atoms with Gasteiger partial charge in [-0.3, -0.25) is 0 Å². The number of thioether (sulfide) groups is 1. The van der Waals surface area contributed by atoms with Gasteiger partial charge in [-0.2, -0.15) is 0 Å². The molecule has 0 saturated carbocycles. The van der Waals surface area contributed by atoms with Gasteiger partial charge in [0.25, 0.3) is 0 Å². The van der Waals surface area contributed by atoms with Crippen LogP contribution in [0, 0.1) is 6.92 Å². The summed E-state index contributed by atoms with van der Waals surface area (Å²) in [7, 11) is 1.98. The standard InChI is InChI=1S/C21H18ClN3OS/c1-14-18(12-13-26-14)20-23-24-21(25(20)2)27-19(15-6-4-3-5-7-15)16-8-10-17(22)11-9-16/h3-13,19H,1-2H3/t19-/m0/s1. The van der Waals surface area contributed by atoms with Crippen LogP contribution in [0.25, 0.3) is 11.4 Å². The highest BCUT2D eigenvalue weighted by atomic mass is 35.5. The number of halogens is 1. The highest BCUT2D eigenvalue weighted by molar-refractivity contribution is 7.99. The van der Waals surface area contributed by atoms with E-state index in [4.69, 9.17) is 16.0 Å². The molecule has 0 N–H and O–H groups in total. The molecule has 0 fully saturated rings. The maximum Gasteiger partial charge on any atom is 0.192 e. The number of hydrogen-bond donors (Lipinski definition) is 0. The smallest absolute Gasteiger partial charge is 0.192 e. The minimum absolute atomic E-state index is 0.0877. The van der Waals surface area contributed by atoms with Gasteiger partial charge in [0.15, 0.2) is 11.0 Å². The van der Waals surface area contributed by atoms with E-state index in [1.807, 2.05) is 42.8 Å². The predicted octanol–water partition coefficient (Wildman–Crippen LogP) is 5.92. The van der Waals surface area contributed by atoms with Crippen LogP contribution in [-0.2, 0) is 7.05 Å². The fourth-order valence-corrected chi connectivity index (χ4v) is 4.22. The van der Waals surface area contributed by atoms with Crippen LogP contribution in [-0.4, -0.2) is 14.8 Å². The van der Waals surface area contributed by atoms with Crippen molar-refractivity contribution >= 4 is 23.4 Å². The maximum absolute atomic E-state index is 6.08. The topological polar surface area (TPSA) is 43.9 Å². The normalized spacial score (nSPS) is 12.3. The molecule has 0 bridgehead atoms. The van der Waals surface area contributed by atoms with E-state index in [2.05, 4.69) is 46.6 Å². The lowest BCUT2D eigenvalue weighted by molar-refractivity contribution is 0.534. The molecule has 4 nitrogen and oxygen atoms in total. The first-order valence-corrected chi connectivity index (χ1v) is 9.80. The summed E-state index contributed by atoms with van der Waals surface area (Å²) in [6, 6.07) is 20.3. The van der Waals surface area contributed by atoms with Crippen molar-refractivity contribution < 1.29 is 4.42 Å². The summed E-state index contributed by atoms with van der Waals surface area (Å²) in [5.41, 5.74) is 3.33. The second-order valence-electron chi connectivity index (χ2n) is 6.22. The van der Waals surface area contributed by atoms with Crippen LogP contribution >= 0.6 is 23.4 Å². The molecule has 0 amide bonds. The Bertz CT molecular complexity index is 1040. The fraction of sp³-hybridized carbons (Fsp3) is 0.143. The Kier molecular flexibility index (Phi) is 5.05. The molecule has 4 rings (SSSR count). The predicted molar refractivity (Wildman–Crippen MR) is 109 cm³/mol. The highest BCUT2D eigenvalue weighted by Gasteiger charge is 2.21. The highest BCUT2D eigenvalue weighted by Crippen LogP contribution is 2.40. The number of benzene rings is 2. The van der Waals surface area contributed by atoms with E-state index in [0.29, 0.717) is 0 Å². The third-order valence-electron chi connectivity index (χ3n) is 4.43. The van der Waals surface area contributed by atoms with E-state index in [-0.39, 0.29) is 5.25 Å². The lowest BCUT2D eigenvalue weighted by Gasteiger charge is -2.17. The third kappa shape index (κ3) is 3.66. The molecule has 4 aromatic rings. The summed E-state index contributed by atoms with van der Waals surface area (Å²) in [5.74, 6) is 1.63. The Morgan fingerprint density at radius 2 is 1.67 bits per heavy atom. The van der Waals surface area contributed by atoms with Crippen molar-refractivity contribution in [3.8, 4) is 11.4 Å². The van der Waals surface area contributed by atoms with Crippen LogP contribution in [0.4, 0.5) is 0 Å². The van der Waals surface area contributed by atoms with Gasteiger partial charge in [-0.15, -0.1) is 10.2 Å². The van der Waals surface area contributed by atoms with Crippen LogP contribution in [0.2, 0.25) is 5.02 Å². The number of hydrogen-bond acceptors (Lipinski definition) is 4. The van der Waals surface area contributed by atoms with Crippen molar-refractivity contribution in [1.82, 2.24) is 14.8 Å². The van der Waals surface area contributed by atoms with Gasteiger partial charge in [-0.25, -0.2) is 0 Å². The van der Waals surface area contributed by atoms with Crippen LogP contribution in [0.1, 0.15) is 22.1 Å². The zero-order valence-electron chi connectivity index (χ0n) is 15.0. The Morgan fingerprint density at radius 1 is 0.963 bits per heavy atom. The molecule has 0 saturated heterocycles. The van der Waals surface area contributed by atoms with E-state index >= 15 is 0 Å². The lowest BCUT2D eigenvalue weighted by atomic mass is 10.0. The quantitative estimate of drug-likeness (QED) is 0.393.